The topological polar surface area (TPSA) is 29.1 Å². The third-order valence-corrected chi connectivity index (χ3v) is 3.62. The van der Waals surface area contributed by atoms with Crippen LogP contribution in [0.2, 0.25) is 10.0 Å². The van der Waals surface area contributed by atoms with Crippen molar-refractivity contribution in [3.05, 3.63) is 68.4 Å². The van der Waals surface area contributed by atoms with E-state index in [1.165, 1.54) is 24.3 Å². The van der Waals surface area contributed by atoms with Crippen LogP contribution in [0, 0.1) is 5.82 Å². The largest absolute Gasteiger partial charge is 0.320 e. The molecule has 0 atom stereocenters. The van der Waals surface area contributed by atoms with Gasteiger partial charge >= 0.3 is 0 Å². The molecule has 0 saturated carbocycles. The quantitative estimate of drug-likeness (QED) is 0.686. The van der Waals surface area contributed by atoms with E-state index in [0.29, 0.717) is 20.1 Å². The molecule has 21 heavy (non-hydrogen) atoms. The van der Waals surface area contributed by atoms with Crippen LogP contribution in [-0.4, -0.2) is 5.91 Å². The van der Waals surface area contributed by atoms with Gasteiger partial charge < -0.3 is 5.32 Å². The van der Waals surface area contributed by atoms with Crippen molar-refractivity contribution >= 4 is 56.8 Å². The minimum Gasteiger partial charge on any atom is -0.320 e. The number of amides is 1. The second kappa shape index (κ2) is 7.07. The second-order valence-electron chi connectivity index (χ2n) is 4.11. The summed E-state index contributed by atoms with van der Waals surface area (Å²) < 4.78 is 14.2. The first-order valence-corrected chi connectivity index (χ1v) is 7.40. The maximum Gasteiger partial charge on any atom is 0.248 e. The van der Waals surface area contributed by atoms with Gasteiger partial charge in [-0.25, -0.2) is 4.39 Å². The lowest BCUT2D eigenvalue weighted by atomic mass is 10.2. The van der Waals surface area contributed by atoms with Crippen molar-refractivity contribution in [1.82, 2.24) is 0 Å². The number of anilines is 1. The van der Waals surface area contributed by atoms with Crippen LogP contribution in [0.3, 0.4) is 0 Å². The third-order valence-electron chi connectivity index (χ3n) is 2.57. The fourth-order valence-corrected chi connectivity index (χ4v) is 2.37. The molecule has 2 aromatic carbocycles. The van der Waals surface area contributed by atoms with Gasteiger partial charge in [0.2, 0.25) is 5.91 Å². The van der Waals surface area contributed by atoms with Gasteiger partial charge in [-0.1, -0.05) is 45.2 Å². The standard InChI is InChI=1S/C15H9BrCl2FNO/c16-10-3-5-14(13(19)7-10)20-15(21)6-2-9-1-4-11(17)8-12(9)18/h1-8H,(H,20,21)/b6-2+. The summed E-state index contributed by atoms with van der Waals surface area (Å²) in [6.07, 6.45) is 2.81. The molecule has 0 aromatic heterocycles. The van der Waals surface area contributed by atoms with Crippen LogP contribution >= 0.6 is 39.1 Å². The highest BCUT2D eigenvalue weighted by Gasteiger charge is 2.05. The number of nitrogens with one attached hydrogen (secondary N) is 1. The van der Waals surface area contributed by atoms with Gasteiger partial charge in [-0.05, 0) is 42.0 Å². The highest BCUT2D eigenvalue weighted by molar-refractivity contribution is 9.10. The summed E-state index contributed by atoms with van der Waals surface area (Å²) in [4.78, 5) is 11.8. The van der Waals surface area contributed by atoms with Crippen LogP contribution in [-0.2, 0) is 4.79 Å². The van der Waals surface area contributed by atoms with E-state index in [4.69, 9.17) is 23.2 Å². The molecule has 0 saturated heterocycles. The molecule has 6 heteroatoms. The Morgan fingerprint density at radius 1 is 1.19 bits per heavy atom. The van der Waals surface area contributed by atoms with Crippen LogP contribution in [0.15, 0.2) is 46.9 Å². The Kier molecular flexibility index (Phi) is 5.39. The lowest BCUT2D eigenvalue weighted by Gasteiger charge is -2.04. The minimum atomic E-state index is -0.518. The molecule has 0 aliphatic carbocycles. The molecule has 0 aliphatic heterocycles. The Labute approximate surface area is 139 Å². The third kappa shape index (κ3) is 4.56. The predicted octanol–water partition coefficient (Wildman–Crippen LogP) is 5.55. The zero-order chi connectivity index (χ0) is 15.4. The summed E-state index contributed by atoms with van der Waals surface area (Å²) in [7, 11) is 0. The van der Waals surface area contributed by atoms with Crippen LogP contribution in [0.5, 0.6) is 0 Å². The molecular weight excluding hydrogens is 380 g/mol. The van der Waals surface area contributed by atoms with Gasteiger partial charge in [-0.2, -0.15) is 0 Å². The van der Waals surface area contributed by atoms with Gasteiger partial charge in [-0.3, -0.25) is 4.79 Å². The van der Waals surface area contributed by atoms with E-state index < -0.39 is 11.7 Å². The van der Waals surface area contributed by atoms with Gasteiger partial charge in [0, 0.05) is 20.6 Å². The SMILES string of the molecule is O=C(/C=C/c1ccc(Cl)cc1Cl)Nc1ccc(Br)cc1F. The Balaban J connectivity index is 2.09. The van der Waals surface area contributed by atoms with Crippen molar-refractivity contribution in [3.8, 4) is 0 Å². The summed E-state index contributed by atoms with van der Waals surface area (Å²) in [6, 6.07) is 9.32. The number of carbonyl (C=O) groups excluding carboxylic acids is 1. The van der Waals surface area contributed by atoms with Gasteiger partial charge in [0.15, 0.2) is 0 Å². The average molecular weight is 389 g/mol. The number of hydrogen-bond acceptors (Lipinski definition) is 1. The number of halogens is 4. The molecule has 0 heterocycles. The van der Waals surface area contributed by atoms with Crippen molar-refractivity contribution in [2.24, 2.45) is 0 Å². The normalized spacial score (nSPS) is 10.9. The smallest absolute Gasteiger partial charge is 0.248 e. The molecule has 0 aliphatic rings. The molecular formula is C15H9BrCl2FNO. The van der Waals surface area contributed by atoms with Crippen molar-refractivity contribution < 1.29 is 9.18 Å². The molecule has 108 valence electrons. The molecule has 0 unspecified atom stereocenters. The van der Waals surface area contributed by atoms with Crippen LogP contribution < -0.4 is 5.32 Å². The number of rotatable bonds is 3. The lowest BCUT2D eigenvalue weighted by Crippen LogP contribution is -2.09. The number of benzene rings is 2. The van der Waals surface area contributed by atoms with E-state index in [2.05, 4.69) is 21.2 Å². The highest BCUT2D eigenvalue weighted by Crippen LogP contribution is 2.22. The maximum atomic E-state index is 13.6. The molecule has 2 aromatic rings. The minimum absolute atomic E-state index is 0.107. The van der Waals surface area contributed by atoms with Crippen LogP contribution in [0.1, 0.15) is 5.56 Å². The summed E-state index contributed by atoms with van der Waals surface area (Å²) in [5.41, 5.74) is 0.752. The fourth-order valence-electron chi connectivity index (χ4n) is 1.57. The fraction of sp³-hybridized carbons (Fsp3) is 0. The Morgan fingerprint density at radius 2 is 1.95 bits per heavy atom. The van der Waals surface area contributed by atoms with Crippen molar-refractivity contribution in [2.75, 3.05) is 5.32 Å². The Hall–Kier alpha value is -1.36. The molecule has 0 bridgehead atoms. The zero-order valence-corrected chi connectivity index (χ0v) is 13.6. The summed E-state index contributed by atoms with van der Waals surface area (Å²) >= 11 is 14.9. The summed E-state index contributed by atoms with van der Waals surface area (Å²) in [5.74, 6) is -0.974. The molecule has 0 spiro atoms. The monoisotopic (exact) mass is 387 g/mol. The van der Waals surface area contributed by atoms with Gasteiger partial charge in [0.1, 0.15) is 5.82 Å². The van der Waals surface area contributed by atoms with Crippen molar-refractivity contribution in [3.63, 3.8) is 0 Å². The Bertz CT molecular complexity index is 719. The van der Waals surface area contributed by atoms with E-state index in [1.807, 2.05) is 0 Å². The summed E-state index contributed by atoms with van der Waals surface area (Å²) in [5, 5.41) is 3.39. The van der Waals surface area contributed by atoms with E-state index >= 15 is 0 Å². The average Bonchev–Trinajstić information content (AvgIpc) is 2.41. The molecule has 1 N–H and O–H groups in total. The zero-order valence-electron chi connectivity index (χ0n) is 10.5. The van der Waals surface area contributed by atoms with Gasteiger partial charge in [0.25, 0.3) is 0 Å². The molecule has 2 nitrogen and oxygen atoms in total. The van der Waals surface area contributed by atoms with E-state index in [-0.39, 0.29) is 5.69 Å². The van der Waals surface area contributed by atoms with Crippen molar-refractivity contribution in [2.45, 2.75) is 0 Å². The van der Waals surface area contributed by atoms with E-state index in [9.17, 15) is 9.18 Å². The molecule has 2 rings (SSSR count). The Morgan fingerprint density at radius 3 is 2.62 bits per heavy atom. The molecule has 0 fully saturated rings. The first-order chi connectivity index (χ1) is 9.95. The van der Waals surface area contributed by atoms with E-state index in [0.717, 1.165) is 0 Å². The van der Waals surface area contributed by atoms with Gasteiger partial charge in [0.05, 0.1) is 5.69 Å². The molecule has 0 radical (unpaired) electrons. The molecule has 1 amide bonds. The number of hydrogen-bond donors (Lipinski definition) is 1. The first kappa shape index (κ1) is 16.0. The first-order valence-electron chi connectivity index (χ1n) is 5.85. The van der Waals surface area contributed by atoms with E-state index in [1.54, 1.807) is 24.3 Å². The second-order valence-corrected chi connectivity index (χ2v) is 5.87. The van der Waals surface area contributed by atoms with Crippen LogP contribution in [0.4, 0.5) is 10.1 Å². The lowest BCUT2D eigenvalue weighted by molar-refractivity contribution is -0.111. The number of carbonyl (C=O) groups is 1. The predicted molar refractivity (Wildman–Crippen MR) is 88.2 cm³/mol. The van der Waals surface area contributed by atoms with Gasteiger partial charge in [-0.15, -0.1) is 0 Å². The summed E-state index contributed by atoms with van der Waals surface area (Å²) in [6.45, 7) is 0. The van der Waals surface area contributed by atoms with Crippen LogP contribution in [0.25, 0.3) is 6.08 Å². The maximum absolute atomic E-state index is 13.6. The highest BCUT2D eigenvalue weighted by atomic mass is 79.9. The van der Waals surface area contributed by atoms with Crippen molar-refractivity contribution in [1.29, 1.82) is 0 Å².